The molecule has 0 aliphatic carbocycles. The molecule has 1 heterocycles. The molecule has 1 N–H and O–H groups in total. The van der Waals surface area contributed by atoms with Gasteiger partial charge >= 0.3 is 0 Å². The summed E-state index contributed by atoms with van der Waals surface area (Å²) in [6.45, 7) is 0. The molecule has 2 aromatic rings. The number of pyridine rings is 1. The standard InChI is InChI=1S/C11H7Cl2N3O4S/c12-9-2-1-8(16(17)18)6-10(9)21(19,20)15-7-3-4-14-11(13)5-7/h1-6H,(H,14,15). The predicted octanol–water partition coefficient (Wildman–Crippen LogP) is 3.10. The van der Waals surface area contributed by atoms with Crippen molar-refractivity contribution in [3.8, 4) is 0 Å². The minimum Gasteiger partial charge on any atom is -0.279 e. The summed E-state index contributed by atoms with van der Waals surface area (Å²) in [5.74, 6) is 0. The first-order chi connectivity index (χ1) is 9.79. The Bertz CT molecular complexity index is 811. The molecule has 7 nitrogen and oxygen atoms in total. The number of rotatable bonds is 4. The fraction of sp³-hybridized carbons (Fsp3) is 0. The Morgan fingerprint density at radius 1 is 1.19 bits per heavy atom. The van der Waals surface area contributed by atoms with Crippen molar-refractivity contribution in [2.24, 2.45) is 0 Å². The first-order valence-corrected chi connectivity index (χ1v) is 7.62. The van der Waals surface area contributed by atoms with Gasteiger partial charge in [0.25, 0.3) is 15.7 Å². The Labute approximate surface area is 129 Å². The molecule has 1 aromatic heterocycles. The van der Waals surface area contributed by atoms with Gasteiger partial charge in [-0.2, -0.15) is 0 Å². The van der Waals surface area contributed by atoms with Crippen molar-refractivity contribution in [2.45, 2.75) is 4.90 Å². The number of nitrogens with one attached hydrogen (secondary N) is 1. The molecular weight excluding hydrogens is 341 g/mol. The highest BCUT2D eigenvalue weighted by Crippen LogP contribution is 2.28. The van der Waals surface area contributed by atoms with Gasteiger partial charge in [-0.3, -0.25) is 14.8 Å². The number of halogens is 2. The molecule has 1 aromatic carbocycles. The molecule has 0 spiro atoms. The van der Waals surface area contributed by atoms with Crippen LogP contribution in [0.1, 0.15) is 0 Å². The number of anilines is 1. The lowest BCUT2D eigenvalue weighted by molar-refractivity contribution is -0.385. The van der Waals surface area contributed by atoms with E-state index < -0.39 is 19.8 Å². The lowest BCUT2D eigenvalue weighted by atomic mass is 10.3. The molecule has 2 rings (SSSR count). The normalized spacial score (nSPS) is 11.1. The first-order valence-electron chi connectivity index (χ1n) is 5.38. The number of non-ortho nitro benzene ring substituents is 1. The zero-order valence-corrected chi connectivity index (χ0v) is 12.5. The maximum absolute atomic E-state index is 12.2. The van der Waals surface area contributed by atoms with Crippen LogP contribution < -0.4 is 4.72 Å². The molecule has 0 unspecified atom stereocenters. The van der Waals surface area contributed by atoms with Crippen LogP contribution in [0.15, 0.2) is 41.4 Å². The summed E-state index contributed by atoms with van der Waals surface area (Å²) in [4.78, 5) is 13.3. The van der Waals surface area contributed by atoms with E-state index in [1.54, 1.807) is 0 Å². The Morgan fingerprint density at radius 2 is 1.90 bits per heavy atom. The van der Waals surface area contributed by atoms with Crippen LogP contribution in [-0.2, 0) is 10.0 Å². The molecule has 0 aliphatic rings. The monoisotopic (exact) mass is 347 g/mol. The van der Waals surface area contributed by atoms with Crippen molar-refractivity contribution < 1.29 is 13.3 Å². The molecule has 0 saturated carbocycles. The van der Waals surface area contributed by atoms with Gasteiger partial charge < -0.3 is 0 Å². The molecule has 0 radical (unpaired) electrons. The summed E-state index contributed by atoms with van der Waals surface area (Å²) >= 11 is 11.5. The van der Waals surface area contributed by atoms with E-state index in [1.807, 2.05) is 0 Å². The fourth-order valence-corrected chi connectivity index (χ4v) is 3.23. The molecule has 0 atom stereocenters. The van der Waals surface area contributed by atoms with E-state index in [0.717, 1.165) is 18.2 Å². The molecule has 110 valence electrons. The molecule has 10 heteroatoms. The molecular formula is C11H7Cl2N3O4S. The van der Waals surface area contributed by atoms with Gasteiger partial charge in [-0.15, -0.1) is 0 Å². The van der Waals surface area contributed by atoms with Crippen LogP contribution in [0, 0.1) is 10.1 Å². The zero-order chi connectivity index (χ0) is 15.6. The summed E-state index contributed by atoms with van der Waals surface area (Å²) in [7, 11) is -4.09. The molecule has 0 fully saturated rings. The second-order valence-electron chi connectivity index (χ2n) is 3.84. The van der Waals surface area contributed by atoms with Gasteiger partial charge in [0.15, 0.2) is 0 Å². The van der Waals surface area contributed by atoms with Gasteiger partial charge in [0.1, 0.15) is 10.0 Å². The van der Waals surface area contributed by atoms with Crippen LogP contribution in [0.4, 0.5) is 11.4 Å². The Hall–Kier alpha value is -1.90. The predicted molar refractivity (Wildman–Crippen MR) is 78.2 cm³/mol. The van der Waals surface area contributed by atoms with Crippen LogP contribution in [0.25, 0.3) is 0 Å². The largest absolute Gasteiger partial charge is 0.279 e. The van der Waals surface area contributed by atoms with Crippen molar-refractivity contribution in [1.29, 1.82) is 0 Å². The second-order valence-corrected chi connectivity index (χ2v) is 6.29. The van der Waals surface area contributed by atoms with Crippen molar-refractivity contribution in [1.82, 2.24) is 4.98 Å². The van der Waals surface area contributed by atoms with Gasteiger partial charge in [-0.25, -0.2) is 13.4 Å². The van der Waals surface area contributed by atoms with Crippen LogP contribution in [0.3, 0.4) is 0 Å². The van der Waals surface area contributed by atoms with E-state index in [0.29, 0.717) is 0 Å². The topological polar surface area (TPSA) is 102 Å². The van der Waals surface area contributed by atoms with E-state index in [1.165, 1.54) is 18.3 Å². The summed E-state index contributed by atoms with van der Waals surface area (Å²) in [5, 5.41) is 10.7. The van der Waals surface area contributed by atoms with E-state index in [4.69, 9.17) is 23.2 Å². The van der Waals surface area contributed by atoms with Crippen molar-refractivity contribution in [3.63, 3.8) is 0 Å². The number of hydrogen-bond donors (Lipinski definition) is 1. The van der Waals surface area contributed by atoms with Crippen molar-refractivity contribution in [2.75, 3.05) is 4.72 Å². The third-order valence-corrected chi connectivity index (χ3v) is 4.46. The fourth-order valence-electron chi connectivity index (χ4n) is 1.49. The highest BCUT2D eigenvalue weighted by Gasteiger charge is 2.21. The minimum absolute atomic E-state index is 0.0975. The number of aromatic nitrogens is 1. The third-order valence-electron chi connectivity index (χ3n) is 2.39. The average molecular weight is 348 g/mol. The van der Waals surface area contributed by atoms with Gasteiger partial charge in [-0.1, -0.05) is 23.2 Å². The van der Waals surface area contributed by atoms with E-state index in [9.17, 15) is 18.5 Å². The number of sulfonamides is 1. The maximum atomic E-state index is 12.2. The number of benzene rings is 1. The molecule has 0 bridgehead atoms. The SMILES string of the molecule is O=[N+]([O-])c1ccc(Cl)c(S(=O)(=O)Nc2ccnc(Cl)c2)c1. The summed E-state index contributed by atoms with van der Waals surface area (Å²) in [6, 6.07) is 5.82. The molecule has 0 amide bonds. The van der Waals surface area contributed by atoms with Crippen LogP contribution in [-0.4, -0.2) is 18.3 Å². The quantitative estimate of drug-likeness (QED) is 0.520. The van der Waals surface area contributed by atoms with Gasteiger partial charge in [0.2, 0.25) is 0 Å². The van der Waals surface area contributed by atoms with Gasteiger partial charge in [0.05, 0.1) is 15.6 Å². The number of hydrogen-bond acceptors (Lipinski definition) is 5. The van der Waals surface area contributed by atoms with E-state index >= 15 is 0 Å². The lowest BCUT2D eigenvalue weighted by Gasteiger charge is -2.09. The van der Waals surface area contributed by atoms with Crippen LogP contribution >= 0.6 is 23.2 Å². The highest BCUT2D eigenvalue weighted by molar-refractivity contribution is 7.92. The highest BCUT2D eigenvalue weighted by atomic mass is 35.5. The second kappa shape index (κ2) is 5.84. The lowest BCUT2D eigenvalue weighted by Crippen LogP contribution is -2.13. The molecule has 0 aliphatic heterocycles. The first kappa shape index (κ1) is 15.5. The van der Waals surface area contributed by atoms with Gasteiger partial charge in [-0.05, 0) is 18.2 Å². The van der Waals surface area contributed by atoms with Crippen molar-refractivity contribution in [3.05, 3.63) is 56.8 Å². The van der Waals surface area contributed by atoms with Crippen LogP contribution in [0.2, 0.25) is 10.2 Å². The third kappa shape index (κ3) is 3.60. The maximum Gasteiger partial charge on any atom is 0.270 e. The smallest absolute Gasteiger partial charge is 0.270 e. The molecule has 0 saturated heterocycles. The Balaban J connectivity index is 2.44. The van der Waals surface area contributed by atoms with E-state index in [-0.39, 0.29) is 21.6 Å². The number of nitro groups is 1. The summed E-state index contributed by atoms with van der Waals surface area (Å²) in [6.07, 6.45) is 1.31. The number of nitro benzene ring substituents is 1. The van der Waals surface area contributed by atoms with Crippen molar-refractivity contribution >= 4 is 44.6 Å². The Kier molecular flexibility index (Phi) is 4.31. The average Bonchev–Trinajstić information content (AvgIpc) is 2.38. The zero-order valence-electron chi connectivity index (χ0n) is 10.2. The van der Waals surface area contributed by atoms with Gasteiger partial charge in [0, 0.05) is 18.3 Å². The Morgan fingerprint density at radius 3 is 2.52 bits per heavy atom. The summed E-state index contributed by atoms with van der Waals surface area (Å²) < 4.78 is 26.7. The minimum atomic E-state index is -4.09. The number of nitrogens with zero attached hydrogens (tertiary/aromatic N) is 2. The van der Waals surface area contributed by atoms with E-state index in [2.05, 4.69) is 9.71 Å². The summed E-state index contributed by atoms with van der Waals surface area (Å²) in [5.41, 5.74) is -0.217. The molecule has 21 heavy (non-hydrogen) atoms. The van der Waals surface area contributed by atoms with Crippen LogP contribution in [0.5, 0.6) is 0 Å².